The lowest BCUT2D eigenvalue weighted by atomic mass is 10.2. The molecule has 0 fully saturated rings. The minimum absolute atomic E-state index is 0.217. The van der Waals surface area contributed by atoms with E-state index in [4.69, 9.17) is 16.3 Å². The zero-order valence-electron chi connectivity index (χ0n) is 13.1. The Bertz CT molecular complexity index is 843. The Labute approximate surface area is 144 Å². The quantitative estimate of drug-likeness (QED) is 0.767. The van der Waals surface area contributed by atoms with Crippen molar-refractivity contribution < 1.29 is 9.53 Å². The van der Waals surface area contributed by atoms with Gasteiger partial charge in [0.1, 0.15) is 5.75 Å². The Hall–Kier alpha value is -2.79. The summed E-state index contributed by atoms with van der Waals surface area (Å²) in [6, 6.07) is 14.5. The zero-order valence-corrected chi connectivity index (χ0v) is 13.8. The molecule has 1 aromatic heterocycles. The Morgan fingerprint density at radius 3 is 2.75 bits per heavy atom. The van der Waals surface area contributed by atoms with E-state index in [2.05, 4.69) is 10.3 Å². The molecule has 5 nitrogen and oxygen atoms in total. The highest BCUT2D eigenvalue weighted by atomic mass is 35.5. The van der Waals surface area contributed by atoms with Crippen molar-refractivity contribution in [3.63, 3.8) is 0 Å². The lowest BCUT2D eigenvalue weighted by Gasteiger charge is -2.04. The average molecular weight is 342 g/mol. The predicted octanol–water partition coefficient (Wildman–Crippen LogP) is 3.85. The Balaban J connectivity index is 1.65. The summed E-state index contributed by atoms with van der Waals surface area (Å²) in [5, 5.41) is 3.47. The molecule has 6 heteroatoms. The number of ether oxygens (including phenoxy) is 1. The summed E-state index contributed by atoms with van der Waals surface area (Å²) in [5.41, 5.74) is 1.60. The number of halogens is 1. The minimum Gasteiger partial charge on any atom is -0.497 e. The van der Waals surface area contributed by atoms with E-state index < -0.39 is 0 Å². The van der Waals surface area contributed by atoms with Crippen molar-refractivity contribution in [3.05, 3.63) is 77.2 Å². The van der Waals surface area contributed by atoms with Gasteiger partial charge in [0.25, 0.3) is 5.91 Å². The van der Waals surface area contributed by atoms with Crippen molar-refractivity contribution in [2.45, 2.75) is 6.54 Å². The van der Waals surface area contributed by atoms with E-state index in [1.54, 1.807) is 43.9 Å². The number of benzene rings is 2. The average Bonchev–Trinajstić information content (AvgIpc) is 3.02. The number of amides is 1. The van der Waals surface area contributed by atoms with E-state index in [-0.39, 0.29) is 5.91 Å². The Morgan fingerprint density at radius 1 is 1.25 bits per heavy atom. The van der Waals surface area contributed by atoms with E-state index in [1.807, 2.05) is 28.8 Å². The first kappa shape index (κ1) is 16.1. The number of nitrogens with zero attached hydrogens (tertiary/aromatic N) is 2. The topological polar surface area (TPSA) is 56.1 Å². The van der Waals surface area contributed by atoms with Gasteiger partial charge >= 0.3 is 0 Å². The van der Waals surface area contributed by atoms with Crippen molar-refractivity contribution in [2.75, 3.05) is 12.4 Å². The Kier molecular flexibility index (Phi) is 4.82. The lowest BCUT2D eigenvalue weighted by Crippen LogP contribution is -2.12. The largest absolute Gasteiger partial charge is 0.497 e. The first-order valence-corrected chi connectivity index (χ1v) is 7.73. The third-order valence-electron chi connectivity index (χ3n) is 3.48. The van der Waals surface area contributed by atoms with Crippen LogP contribution in [-0.4, -0.2) is 22.6 Å². The normalized spacial score (nSPS) is 10.4. The first-order valence-electron chi connectivity index (χ1n) is 7.35. The molecule has 3 aromatic rings. The number of aromatic nitrogens is 2. The van der Waals surface area contributed by atoms with Crippen LogP contribution in [0.25, 0.3) is 0 Å². The fourth-order valence-electron chi connectivity index (χ4n) is 2.29. The number of carbonyl (C=O) groups excluding carboxylic acids is 1. The molecule has 0 spiro atoms. The highest BCUT2D eigenvalue weighted by molar-refractivity contribution is 6.30. The van der Waals surface area contributed by atoms with Crippen molar-refractivity contribution in [2.24, 2.45) is 0 Å². The summed E-state index contributed by atoms with van der Waals surface area (Å²) in [4.78, 5) is 16.4. The van der Waals surface area contributed by atoms with Crippen molar-refractivity contribution >= 4 is 23.3 Å². The van der Waals surface area contributed by atoms with Crippen LogP contribution < -0.4 is 10.1 Å². The van der Waals surface area contributed by atoms with Gasteiger partial charge in [-0.3, -0.25) is 4.79 Å². The molecule has 0 aliphatic carbocycles. The second kappa shape index (κ2) is 7.19. The third kappa shape index (κ3) is 3.94. The summed E-state index contributed by atoms with van der Waals surface area (Å²) in [6.45, 7) is 0.631. The zero-order chi connectivity index (χ0) is 16.9. The SMILES string of the molecule is COc1ccc(C(=O)Nc2cn(Cc3cccc(Cl)c3)cn2)cc1. The fourth-order valence-corrected chi connectivity index (χ4v) is 2.50. The van der Waals surface area contributed by atoms with Gasteiger partial charge in [0, 0.05) is 23.3 Å². The van der Waals surface area contributed by atoms with Crippen LogP contribution in [0.1, 0.15) is 15.9 Å². The van der Waals surface area contributed by atoms with E-state index in [1.165, 1.54) is 0 Å². The Morgan fingerprint density at radius 2 is 2.04 bits per heavy atom. The maximum atomic E-state index is 12.2. The van der Waals surface area contributed by atoms with E-state index in [0.29, 0.717) is 28.7 Å². The highest BCUT2D eigenvalue weighted by Crippen LogP contribution is 2.15. The van der Waals surface area contributed by atoms with Crippen LogP contribution in [0.4, 0.5) is 5.82 Å². The number of rotatable bonds is 5. The molecule has 0 unspecified atom stereocenters. The van der Waals surface area contributed by atoms with Gasteiger partial charge in [0.2, 0.25) is 0 Å². The number of hydrogen-bond acceptors (Lipinski definition) is 3. The van der Waals surface area contributed by atoms with Gasteiger partial charge in [-0.15, -0.1) is 0 Å². The molecule has 122 valence electrons. The molecule has 0 saturated heterocycles. The molecule has 1 amide bonds. The maximum absolute atomic E-state index is 12.2. The van der Waals surface area contributed by atoms with Crippen LogP contribution >= 0.6 is 11.6 Å². The smallest absolute Gasteiger partial charge is 0.256 e. The van der Waals surface area contributed by atoms with Gasteiger partial charge in [-0.25, -0.2) is 4.98 Å². The van der Waals surface area contributed by atoms with Crippen molar-refractivity contribution in [1.82, 2.24) is 9.55 Å². The van der Waals surface area contributed by atoms with Gasteiger partial charge in [-0.05, 0) is 42.0 Å². The van der Waals surface area contributed by atoms with Crippen LogP contribution in [0.5, 0.6) is 5.75 Å². The number of methoxy groups -OCH3 is 1. The highest BCUT2D eigenvalue weighted by Gasteiger charge is 2.08. The van der Waals surface area contributed by atoms with E-state index >= 15 is 0 Å². The second-order valence-corrected chi connectivity index (χ2v) is 5.68. The fraction of sp³-hybridized carbons (Fsp3) is 0.111. The maximum Gasteiger partial charge on any atom is 0.256 e. The van der Waals surface area contributed by atoms with Gasteiger partial charge in [-0.2, -0.15) is 0 Å². The predicted molar refractivity (Wildman–Crippen MR) is 93.7 cm³/mol. The molecule has 0 aliphatic rings. The molecule has 0 atom stereocenters. The molecule has 24 heavy (non-hydrogen) atoms. The van der Waals surface area contributed by atoms with Crippen molar-refractivity contribution in [1.29, 1.82) is 0 Å². The van der Waals surface area contributed by atoms with Crippen LogP contribution in [0.2, 0.25) is 5.02 Å². The summed E-state index contributed by atoms with van der Waals surface area (Å²) < 4.78 is 6.96. The number of carbonyl (C=O) groups is 1. The molecule has 0 bridgehead atoms. The monoisotopic (exact) mass is 341 g/mol. The van der Waals surface area contributed by atoms with Gasteiger partial charge in [-0.1, -0.05) is 23.7 Å². The second-order valence-electron chi connectivity index (χ2n) is 5.24. The molecule has 0 saturated carbocycles. The minimum atomic E-state index is -0.217. The number of nitrogens with one attached hydrogen (secondary N) is 1. The molecule has 0 radical (unpaired) electrons. The molecular weight excluding hydrogens is 326 g/mol. The van der Waals surface area contributed by atoms with E-state index in [0.717, 1.165) is 5.56 Å². The molecule has 3 rings (SSSR count). The summed E-state index contributed by atoms with van der Waals surface area (Å²) in [7, 11) is 1.58. The van der Waals surface area contributed by atoms with Gasteiger partial charge in [0.05, 0.1) is 13.4 Å². The molecule has 1 heterocycles. The number of imidazole rings is 1. The molecule has 1 N–H and O–H groups in total. The van der Waals surface area contributed by atoms with Gasteiger partial charge < -0.3 is 14.6 Å². The van der Waals surface area contributed by atoms with Gasteiger partial charge in [0.15, 0.2) is 5.82 Å². The summed E-state index contributed by atoms with van der Waals surface area (Å²) in [5.74, 6) is 0.987. The van der Waals surface area contributed by atoms with Crippen LogP contribution in [0.15, 0.2) is 61.1 Å². The first-order chi connectivity index (χ1) is 11.6. The number of anilines is 1. The molecule has 2 aromatic carbocycles. The van der Waals surface area contributed by atoms with Crippen LogP contribution in [-0.2, 0) is 6.54 Å². The number of hydrogen-bond donors (Lipinski definition) is 1. The van der Waals surface area contributed by atoms with Crippen molar-refractivity contribution in [3.8, 4) is 5.75 Å². The van der Waals surface area contributed by atoms with Crippen LogP contribution in [0.3, 0.4) is 0 Å². The summed E-state index contributed by atoms with van der Waals surface area (Å²) in [6.07, 6.45) is 3.45. The van der Waals surface area contributed by atoms with Crippen LogP contribution in [0, 0.1) is 0 Å². The molecule has 0 aliphatic heterocycles. The summed E-state index contributed by atoms with van der Waals surface area (Å²) >= 11 is 5.98. The standard InChI is InChI=1S/C18H16ClN3O2/c1-24-16-7-5-14(6-8-16)18(23)21-17-11-22(12-20-17)10-13-3-2-4-15(19)9-13/h2-9,11-12H,10H2,1H3,(H,21,23). The van der Waals surface area contributed by atoms with E-state index in [9.17, 15) is 4.79 Å². The lowest BCUT2D eigenvalue weighted by molar-refractivity contribution is 0.102. The molecular formula is C18H16ClN3O2. The third-order valence-corrected chi connectivity index (χ3v) is 3.72.